The van der Waals surface area contributed by atoms with Crippen LogP contribution in [-0.4, -0.2) is 42.2 Å². The van der Waals surface area contributed by atoms with Crippen molar-refractivity contribution in [2.24, 2.45) is 10.9 Å². The summed E-state index contributed by atoms with van der Waals surface area (Å²) >= 11 is 0. The molecule has 0 fully saturated rings. The first-order valence-corrected chi connectivity index (χ1v) is 6.65. The summed E-state index contributed by atoms with van der Waals surface area (Å²) in [6, 6.07) is 8.19. The molecule has 1 atom stereocenters. The van der Waals surface area contributed by atoms with Crippen LogP contribution in [0.2, 0.25) is 0 Å². The molecule has 1 aromatic carbocycles. The molecule has 0 saturated carbocycles. The van der Waals surface area contributed by atoms with Crippen molar-refractivity contribution in [1.29, 1.82) is 0 Å². The molecule has 19 heavy (non-hydrogen) atoms. The smallest absolute Gasteiger partial charge is 0.140 e. The predicted octanol–water partition coefficient (Wildman–Crippen LogP) is 1.62. The Labute approximate surface area is 113 Å². The number of fused-ring (bicyclic) bond motifs is 1. The fourth-order valence-electron chi connectivity index (χ4n) is 2.39. The molecule has 0 bridgehead atoms. The van der Waals surface area contributed by atoms with Gasteiger partial charge in [0.1, 0.15) is 11.6 Å². The van der Waals surface area contributed by atoms with Crippen LogP contribution in [0.15, 0.2) is 29.4 Å². The number of benzene rings is 1. The lowest BCUT2D eigenvalue weighted by Crippen LogP contribution is -2.32. The van der Waals surface area contributed by atoms with Crippen LogP contribution in [0.1, 0.15) is 24.8 Å². The van der Waals surface area contributed by atoms with Crippen LogP contribution in [0.4, 0.5) is 0 Å². The van der Waals surface area contributed by atoms with E-state index in [1.807, 2.05) is 18.2 Å². The molecule has 0 aliphatic carbocycles. The molecule has 2 rings (SSSR count). The molecule has 1 aliphatic rings. The second-order valence-electron chi connectivity index (χ2n) is 4.78. The Morgan fingerprint density at radius 2 is 2.32 bits per heavy atom. The lowest BCUT2D eigenvalue weighted by molar-refractivity contribution is 0.245. The SMILES string of the molecule is CCN(CCC(N)=NO)CC1COc2ccccc21. The summed E-state index contributed by atoms with van der Waals surface area (Å²) in [5, 5.41) is 11.6. The average Bonchev–Trinajstić information content (AvgIpc) is 2.86. The zero-order valence-corrected chi connectivity index (χ0v) is 11.2. The van der Waals surface area contributed by atoms with Crippen molar-refractivity contribution in [3.8, 4) is 5.75 Å². The summed E-state index contributed by atoms with van der Waals surface area (Å²) in [6.45, 7) is 5.53. The molecule has 3 N–H and O–H groups in total. The molecule has 104 valence electrons. The van der Waals surface area contributed by atoms with Crippen LogP contribution in [0.3, 0.4) is 0 Å². The quantitative estimate of drug-likeness (QED) is 0.354. The van der Waals surface area contributed by atoms with E-state index in [0.29, 0.717) is 12.3 Å². The number of ether oxygens (including phenoxy) is 1. The lowest BCUT2D eigenvalue weighted by atomic mass is 10.0. The third kappa shape index (κ3) is 3.38. The Balaban J connectivity index is 1.93. The van der Waals surface area contributed by atoms with Gasteiger partial charge in [0.15, 0.2) is 0 Å². The Bertz CT molecular complexity index is 448. The van der Waals surface area contributed by atoms with Crippen LogP contribution < -0.4 is 10.5 Å². The van der Waals surface area contributed by atoms with E-state index in [4.69, 9.17) is 15.7 Å². The maximum Gasteiger partial charge on any atom is 0.140 e. The molecule has 5 heteroatoms. The van der Waals surface area contributed by atoms with Gasteiger partial charge in [-0.1, -0.05) is 30.3 Å². The van der Waals surface area contributed by atoms with E-state index in [1.165, 1.54) is 5.56 Å². The van der Waals surface area contributed by atoms with Crippen molar-refractivity contribution in [1.82, 2.24) is 4.90 Å². The van der Waals surface area contributed by atoms with E-state index in [9.17, 15) is 0 Å². The van der Waals surface area contributed by atoms with Crippen LogP contribution in [-0.2, 0) is 0 Å². The van der Waals surface area contributed by atoms with Crippen LogP contribution in [0.25, 0.3) is 0 Å². The van der Waals surface area contributed by atoms with E-state index in [2.05, 4.69) is 23.0 Å². The number of rotatable bonds is 6. The highest BCUT2D eigenvalue weighted by Gasteiger charge is 2.25. The fraction of sp³-hybridized carbons (Fsp3) is 0.500. The van der Waals surface area contributed by atoms with Gasteiger partial charge in [-0.3, -0.25) is 0 Å². The topological polar surface area (TPSA) is 71.1 Å². The Morgan fingerprint density at radius 1 is 1.53 bits per heavy atom. The van der Waals surface area contributed by atoms with E-state index >= 15 is 0 Å². The van der Waals surface area contributed by atoms with Gasteiger partial charge in [-0.2, -0.15) is 0 Å². The lowest BCUT2D eigenvalue weighted by Gasteiger charge is -2.23. The normalized spacial score (nSPS) is 18.4. The Morgan fingerprint density at radius 3 is 3.05 bits per heavy atom. The highest BCUT2D eigenvalue weighted by Crippen LogP contribution is 2.33. The number of nitrogens with zero attached hydrogens (tertiary/aromatic N) is 2. The summed E-state index contributed by atoms with van der Waals surface area (Å²) in [6.07, 6.45) is 0.583. The molecule has 1 aliphatic heterocycles. The summed E-state index contributed by atoms with van der Waals surface area (Å²) in [7, 11) is 0. The second kappa shape index (κ2) is 6.43. The van der Waals surface area contributed by atoms with Gasteiger partial charge in [-0.15, -0.1) is 0 Å². The standard InChI is InChI=1S/C14H21N3O2/c1-2-17(8-7-14(15)16-18)9-11-10-19-13-6-4-3-5-12(11)13/h3-6,11,18H,2,7-10H2,1H3,(H2,15,16). The minimum atomic E-state index is 0.279. The highest BCUT2D eigenvalue weighted by molar-refractivity contribution is 5.79. The minimum Gasteiger partial charge on any atom is -0.493 e. The summed E-state index contributed by atoms with van der Waals surface area (Å²) in [5.74, 6) is 1.69. The molecule has 5 nitrogen and oxygen atoms in total. The summed E-state index contributed by atoms with van der Waals surface area (Å²) in [4.78, 5) is 2.30. The van der Waals surface area contributed by atoms with Gasteiger partial charge in [0, 0.05) is 31.0 Å². The predicted molar refractivity (Wildman–Crippen MR) is 74.8 cm³/mol. The van der Waals surface area contributed by atoms with Gasteiger partial charge in [0.2, 0.25) is 0 Å². The van der Waals surface area contributed by atoms with Crippen molar-refractivity contribution in [3.05, 3.63) is 29.8 Å². The number of nitrogens with two attached hydrogens (primary N) is 1. The molecule has 1 aromatic rings. The second-order valence-corrected chi connectivity index (χ2v) is 4.78. The first kappa shape index (κ1) is 13.7. The molecule has 1 heterocycles. The van der Waals surface area contributed by atoms with Gasteiger partial charge < -0.3 is 20.6 Å². The van der Waals surface area contributed by atoms with Crippen molar-refractivity contribution in [2.45, 2.75) is 19.3 Å². The summed E-state index contributed by atoms with van der Waals surface area (Å²) < 4.78 is 5.69. The van der Waals surface area contributed by atoms with Crippen molar-refractivity contribution >= 4 is 5.84 Å². The van der Waals surface area contributed by atoms with Crippen LogP contribution in [0, 0.1) is 0 Å². The van der Waals surface area contributed by atoms with Crippen molar-refractivity contribution < 1.29 is 9.94 Å². The number of amidine groups is 1. The van der Waals surface area contributed by atoms with Crippen LogP contribution in [0.5, 0.6) is 5.75 Å². The van der Waals surface area contributed by atoms with Crippen molar-refractivity contribution in [3.63, 3.8) is 0 Å². The van der Waals surface area contributed by atoms with Gasteiger partial charge >= 0.3 is 0 Å². The minimum absolute atomic E-state index is 0.279. The third-order valence-corrected chi connectivity index (χ3v) is 3.54. The zero-order valence-electron chi connectivity index (χ0n) is 11.2. The monoisotopic (exact) mass is 263 g/mol. The number of hydrogen-bond donors (Lipinski definition) is 2. The number of para-hydroxylation sites is 1. The molecular formula is C14H21N3O2. The van der Waals surface area contributed by atoms with E-state index in [1.54, 1.807) is 0 Å². The molecule has 0 radical (unpaired) electrons. The fourth-order valence-corrected chi connectivity index (χ4v) is 2.39. The molecule has 0 saturated heterocycles. The summed E-state index contributed by atoms with van der Waals surface area (Å²) in [5.41, 5.74) is 6.79. The van der Waals surface area contributed by atoms with Gasteiger partial charge in [0.05, 0.1) is 6.61 Å². The van der Waals surface area contributed by atoms with Crippen LogP contribution >= 0.6 is 0 Å². The Hall–Kier alpha value is -1.75. The Kier molecular flexibility index (Phi) is 4.63. The van der Waals surface area contributed by atoms with Crippen molar-refractivity contribution in [2.75, 3.05) is 26.2 Å². The third-order valence-electron chi connectivity index (χ3n) is 3.54. The molecule has 0 spiro atoms. The average molecular weight is 263 g/mol. The van der Waals surface area contributed by atoms with E-state index < -0.39 is 0 Å². The number of hydrogen-bond acceptors (Lipinski definition) is 4. The molecular weight excluding hydrogens is 242 g/mol. The largest absolute Gasteiger partial charge is 0.493 e. The van der Waals surface area contributed by atoms with E-state index in [-0.39, 0.29) is 5.84 Å². The highest BCUT2D eigenvalue weighted by atomic mass is 16.5. The zero-order chi connectivity index (χ0) is 13.7. The molecule has 0 aromatic heterocycles. The number of likely N-dealkylation sites (N-methyl/N-ethyl adjacent to an activating group) is 1. The first-order chi connectivity index (χ1) is 9.24. The first-order valence-electron chi connectivity index (χ1n) is 6.65. The maximum absolute atomic E-state index is 8.56. The van der Waals surface area contributed by atoms with Gasteiger partial charge in [0.25, 0.3) is 0 Å². The molecule has 0 amide bonds. The van der Waals surface area contributed by atoms with Gasteiger partial charge in [-0.25, -0.2) is 0 Å². The number of oxime groups is 1. The van der Waals surface area contributed by atoms with E-state index in [0.717, 1.165) is 32.0 Å². The van der Waals surface area contributed by atoms with Gasteiger partial charge in [-0.05, 0) is 12.6 Å². The molecule has 1 unspecified atom stereocenters. The maximum atomic E-state index is 8.56.